The van der Waals surface area contributed by atoms with Crippen molar-refractivity contribution in [3.05, 3.63) is 23.8 Å². The largest absolute Gasteiger partial charge is 0.497 e. The highest BCUT2D eigenvalue weighted by Crippen LogP contribution is 2.36. The van der Waals surface area contributed by atoms with Gasteiger partial charge in [-0.1, -0.05) is 19.4 Å². The summed E-state index contributed by atoms with van der Waals surface area (Å²) >= 11 is 0. The van der Waals surface area contributed by atoms with Gasteiger partial charge in [0.05, 0.1) is 20.1 Å². The van der Waals surface area contributed by atoms with Gasteiger partial charge in [0.1, 0.15) is 11.5 Å². The molecule has 1 aromatic rings. The van der Waals surface area contributed by atoms with E-state index in [4.69, 9.17) is 9.47 Å². The topological polar surface area (TPSA) is 59.6 Å². The zero-order valence-electron chi connectivity index (χ0n) is 13.6. The molecule has 1 saturated heterocycles. The molecule has 0 bridgehead atoms. The van der Waals surface area contributed by atoms with Crippen LogP contribution in [0.25, 0.3) is 0 Å². The van der Waals surface area contributed by atoms with E-state index in [9.17, 15) is 4.79 Å². The Morgan fingerprint density at radius 3 is 2.82 bits per heavy atom. The van der Waals surface area contributed by atoms with E-state index in [2.05, 4.69) is 17.6 Å². The molecule has 0 saturated carbocycles. The van der Waals surface area contributed by atoms with Crippen LogP contribution in [0.15, 0.2) is 18.2 Å². The van der Waals surface area contributed by atoms with Crippen LogP contribution >= 0.6 is 0 Å². The second-order valence-electron chi connectivity index (χ2n) is 5.62. The van der Waals surface area contributed by atoms with Crippen LogP contribution in [-0.2, 0) is 4.79 Å². The van der Waals surface area contributed by atoms with Crippen molar-refractivity contribution in [2.45, 2.75) is 25.7 Å². The number of methoxy groups -OCH3 is 2. The summed E-state index contributed by atoms with van der Waals surface area (Å²) in [5.41, 5.74) is 1.06. The van der Waals surface area contributed by atoms with Gasteiger partial charge < -0.3 is 20.1 Å². The lowest BCUT2D eigenvalue weighted by Gasteiger charge is -2.21. The van der Waals surface area contributed by atoms with Gasteiger partial charge in [0, 0.05) is 31.6 Å². The number of ether oxygens (including phenoxy) is 2. The summed E-state index contributed by atoms with van der Waals surface area (Å²) < 4.78 is 10.7. The first kappa shape index (κ1) is 16.6. The Bertz CT molecular complexity index is 505. The van der Waals surface area contributed by atoms with Crippen LogP contribution in [0.4, 0.5) is 0 Å². The number of benzene rings is 1. The van der Waals surface area contributed by atoms with Crippen LogP contribution < -0.4 is 20.1 Å². The van der Waals surface area contributed by atoms with Crippen molar-refractivity contribution in [3.8, 4) is 11.5 Å². The average molecular weight is 306 g/mol. The van der Waals surface area contributed by atoms with Gasteiger partial charge in [0.25, 0.3) is 0 Å². The molecule has 2 atom stereocenters. The average Bonchev–Trinajstić information content (AvgIpc) is 3.03. The first-order valence-corrected chi connectivity index (χ1v) is 7.91. The Morgan fingerprint density at radius 2 is 2.14 bits per heavy atom. The van der Waals surface area contributed by atoms with Crippen molar-refractivity contribution in [2.75, 3.05) is 33.9 Å². The Kier molecular flexibility index (Phi) is 6.07. The molecule has 0 aliphatic carbocycles. The predicted octanol–water partition coefficient (Wildman–Crippen LogP) is 1.92. The molecule has 1 aromatic carbocycles. The van der Waals surface area contributed by atoms with Crippen molar-refractivity contribution in [3.63, 3.8) is 0 Å². The molecule has 122 valence electrons. The minimum absolute atomic E-state index is 0.0563. The SMILES string of the molecule is CCCCNC(=O)C1CNCC1c1ccc(OC)cc1OC. The molecule has 5 nitrogen and oxygen atoms in total. The van der Waals surface area contributed by atoms with E-state index < -0.39 is 0 Å². The molecule has 1 fully saturated rings. The van der Waals surface area contributed by atoms with Gasteiger partial charge in [-0.2, -0.15) is 0 Å². The Hall–Kier alpha value is -1.75. The number of hydrogen-bond acceptors (Lipinski definition) is 4. The summed E-state index contributed by atoms with van der Waals surface area (Å²) in [4.78, 5) is 12.4. The minimum Gasteiger partial charge on any atom is -0.497 e. The summed E-state index contributed by atoms with van der Waals surface area (Å²) in [6.07, 6.45) is 2.10. The summed E-state index contributed by atoms with van der Waals surface area (Å²) in [5.74, 6) is 1.73. The molecule has 1 aliphatic rings. The van der Waals surface area contributed by atoms with E-state index in [0.29, 0.717) is 6.54 Å². The normalized spacial score (nSPS) is 20.7. The van der Waals surface area contributed by atoms with Crippen molar-refractivity contribution in [1.82, 2.24) is 10.6 Å². The third-order valence-corrected chi connectivity index (χ3v) is 4.22. The first-order chi connectivity index (χ1) is 10.7. The highest BCUT2D eigenvalue weighted by Gasteiger charge is 2.35. The van der Waals surface area contributed by atoms with Gasteiger partial charge in [-0.25, -0.2) is 0 Å². The summed E-state index contributed by atoms with van der Waals surface area (Å²) in [6, 6.07) is 5.80. The molecule has 1 amide bonds. The predicted molar refractivity (Wildman–Crippen MR) is 86.6 cm³/mol. The zero-order valence-corrected chi connectivity index (χ0v) is 13.6. The van der Waals surface area contributed by atoms with Crippen LogP contribution in [0.5, 0.6) is 11.5 Å². The molecule has 0 spiro atoms. The molecule has 0 aromatic heterocycles. The number of nitrogens with one attached hydrogen (secondary N) is 2. The molecule has 5 heteroatoms. The molecule has 1 aliphatic heterocycles. The molecular weight excluding hydrogens is 280 g/mol. The van der Waals surface area contributed by atoms with Gasteiger partial charge in [0.2, 0.25) is 5.91 Å². The minimum atomic E-state index is -0.0563. The molecule has 0 radical (unpaired) electrons. The first-order valence-electron chi connectivity index (χ1n) is 7.91. The number of hydrogen-bond donors (Lipinski definition) is 2. The van der Waals surface area contributed by atoms with Crippen LogP contribution in [0.1, 0.15) is 31.2 Å². The summed E-state index contributed by atoms with van der Waals surface area (Å²) in [7, 11) is 3.28. The van der Waals surface area contributed by atoms with E-state index in [0.717, 1.165) is 43.0 Å². The fraction of sp³-hybridized carbons (Fsp3) is 0.588. The van der Waals surface area contributed by atoms with Gasteiger partial charge >= 0.3 is 0 Å². The van der Waals surface area contributed by atoms with Gasteiger partial charge in [0.15, 0.2) is 0 Å². The standard InChI is InChI=1S/C17H26N2O3/c1-4-5-8-19-17(20)15-11-18-10-14(15)13-7-6-12(21-2)9-16(13)22-3/h6-7,9,14-15,18H,4-5,8,10-11H2,1-3H3,(H,19,20). The molecule has 2 rings (SSSR count). The van der Waals surface area contributed by atoms with Crippen LogP contribution in [0.2, 0.25) is 0 Å². The highest BCUT2D eigenvalue weighted by atomic mass is 16.5. The van der Waals surface area contributed by atoms with Crippen molar-refractivity contribution < 1.29 is 14.3 Å². The lowest BCUT2D eigenvalue weighted by atomic mass is 9.87. The zero-order chi connectivity index (χ0) is 15.9. The van der Waals surface area contributed by atoms with Gasteiger partial charge in [-0.05, 0) is 18.1 Å². The third-order valence-electron chi connectivity index (χ3n) is 4.22. The number of carbonyl (C=O) groups excluding carboxylic acids is 1. The number of amides is 1. The van der Waals surface area contributed by atoms with Crippen molar-refractivity contribution in [2.24, 2.45) is 5.92 Å². The number of carbonyl (C=O) groups is 1. The second-order valence-corrected chi connectivity index (χ2v) is 5.62. The van der Waals surface area contributed by atoms with Crippen molar-refractivity contribution in [1.29, 1.82) is 0 Å². The Balaban J connectivity index is 2.14. The van der Waals surface area contributed by atoms with E-state index in [1.807, 2.05) is 18.2 Å². The van der Waals surface area contributed by atoms with E-state index in [1.165, 1.54) is 0 Å². The summed E-state index contributed by atoms with van der Waals surface area (Å²) in [6.45, 7) is 4.36. The third kappa shape index (κ3) is 3.71. The summed E-state index contributed by atoms with van der Waals surface area (Å²) in [5, 5.41) is 6.37. The molecular formula is C17H26N2O3. The number of unbranched alkanes of at least 4 members (excludes halogenated alkanes) is 1. The maximum Gasteiger partial charge on any atom is 0.225 e. The monoisotopic (exact) mass is 306 g/mol. The lowest BCUT2D eigenvalue weighted by Crippen LogP contribution is -2.35. The van der Waals surface area contributed by atoms with Gasteiger partial charge in [-0.15, -0.1) is 0 Å². The Morgan fingerprint density at radius 1 is 1.32 bits per heavy atom. The fourth-order valence-electron chi connectivity index (χ4n) is 2.93. The lowest BCUT2D eigenvalue weighted by molar-refractivity contribution is -0.124. The van der Waals surface area contributed by atoms with E-state index >= 15 is 0 Å². The maximum atomic E-state index is 12.4. The van der Waals surface area contributed by atoms with Crippen LogP contribution in [0, 0.1) is 5.92 Å². The highest BCUT2D eigenvalue weighted by molar-refractivity contribution is 5.80. The maximum absolute atomic E-state index is 12.4. The smallest absolute Gasteiger partial charge is 0.225 e. The second kappa shape index (κ2) is 8.03. The Labute approximate surface area is 132 Å². The van der Waals surface area contributed by atoms with Crippen LogP contribution in [0.3, 0.4) is 0 Å². The molecule has 1 heterocycles. The molecule has 22 heavy (non-hydrogen) atoms. The molecule has 2 N–H and O–H groups in total. The molecule has 2 unspecified atom stereocenters. The van der Waals surface area contributed by atoms with Gasteiger partial charge in [-0.3, -0.25) is 4.79 Å². The fourth-order valence-corrected chi connectivity index (χ4v) is 2.93. The van der Waals surface area contributed by atoms with Crippen LogP contribution in [-0.4, -0.2) is 39.8 Å². The van der Waals surface area contributed by atoms with E-state index in [-0.39, 0.29) is 17.7 Å². The van der Waals surface area contributed by atoms with E-state index in [1.54, 1.807) is 14.2 Å². The number of rotatable bonds is 7. The quantitative estimate of drug-likeness (QED) is 0.756. The van der Waals surface area contributed by atoms with Crippen molar-refractivity contribution >= 4 is 5.91 Å².